The molecule has 0 spiro atoms. The van der Waals surface area contributed by atoms with Crippen LogP contribution in [0, 0.1) is 6.92 Å². The van der Waals surface area contributed by atoms with Gasteiger partial charge in [-0.2, -0.15) is 4.31 Å². The van der Waals surface area contributed by atoms with Gasteiger partial charge in [-0.1, -0.05) is 13.8 Å². The van der Waals surface area contributed by atoms with Crippen LogP contribution >= 0.6 is 0 Å². The number of hydrogen-bond donors (Lipinski definition) is 1. The Labute approximate surface area is 168 Å². The molecule has 0 saturated heterocycles. The molecule has 3 rings (SSSR count). The first-order valence-electron chi connectivity index (χ1n) is 9.12. The molecule has 0 saturated carbocycles. The maximum atomic E-state index is 12.7. The third kappa shape index (κ3) is 4.38. The second-order valence-corrected chi connectivity index (χ2v) is 8.32. The van der Waals surface area contributed by atoms with Crippen molar-refractivity contribution >= 4 is 32.7 Å². The van der Waals surface area contributed by atoms with Crippen LogP contribution in [0.25, 0.3) is 11.1 Å². The highest BCUT2D eigenvalue weighted by molar-refractivity contribution is 7.89. The van der Waals surface area contributed by atoms with E-state index in [0.29, 0.717) is 35.8 Å². The van der Waals surface area contributed by atoms with Crippen molar-refractivity contribution in [3.8, 4) is 0 Å². The van der Waals surface area contributed by atoms with Crippen LogP contribution in [0.3, 0.4) is 0 Å². The minimum absolute atomic E-state index is 0.0342. The summed E-state index contributed by atoms with van der Waals surface area (Å²) in [4.78, 5) is 28.7. The van der Waals surface area contributed by atoms with Gasteiger partial charge in [0.25, 0.3) is 5.56 Å². The summed E-state index contributed by atoms with van der Waals surface area (Å²) in [6.07, 6.45) is 1.19. The number of nitrogens with one attached hydrogen (secondary N) is 1. The second kappa shape index (κ2) is 8.18. The SMILES string of the molecule is CCN(CC)S(=O)(=O)c1ccc(=O)n(CC(=O)Nc2ccc3oc(C)nc3c2)c1. The van der Waals surface area contributed by atoms with Crippen molar-refractivity contribution in [2.45, 2.75) is 32.2 Å². The fraction of sp³-hybridized carbons (Fsp3) is 0.316. The number of amides is 1. The number of sulfonamides is 1. The molecule has 10 heteroatoms. The predicted octanol–water partition coefficient (Wildman–Crippen LogP) is 1.97. The first kappa shape index (κ1) is 20.7. The van der Waals surface area contributed by atoms with Gasteiger partial charge in [-0.3, -0.25) is 9.59 Å². The molecule has 0 bridgehead atoms. The average Bonchev–Trinajstić information content (AvgIpc) is 3.03. The topological polar surface area (TPSA) is 115 Å². The van der Waals surface area contributed by atoms with E-state index < -0.39 is 21.5 Å². The monoisotopic (exact) mass is 418 g/mol. The van der Waals surface area contributed by atoms with Gasteiger partial charge in [-0.05, 0) is 24.3 Å². The molecular formula is C19H22N4O5S. The number of pyridine rings is 1. The largest absolute Gasteiger partial charge is 0.441 e. The number of rotatable bonds is 7. The van der Waals surface area contributed by atoms with Gasteiger partial charge in [0.2, 0.25) is 15.9 Å². The van der Waals surface area contributed by atoms with E-state index in [2.05, 4.69) is 10.3 Å². The Morgan fingerprint density at radius 3 is 2.62 bits per heavy atom. The zero-order chi connectivity index (χ0) is 21.2. The highest BCUT2D eigenvalue weighted by Crippen LogP contribution is 2.19. The third-order valence-corrected chi connectivity index (χ3v) is 6.43. The first-order chi connectivity index (χ1) is 13.7. The number of carbonyl (C=O) groups is 1. The number of benzene rings is 1. The lowest BCUT2D eigenvalue weighted by atomic mass is 10.3. The molecule has 0 unspecified atom stereocenters. The van der Waals surface area contributed by atoms with Gasteiger partial charge in [0.1, 0.15) is 12.1 Å². The van der Waals surface area contributed by atoms with E-state index in [1.807, 2.05) is 0 Å². The van der Waals surface area contributed by atoms with E-state index in [4.69, 9.17) is 4.42 Å². The number of anilines is 1. The van der Waals surface area contributed by atoms with Gasteiger partial charge in [0.15, 0.2) is 11.5 Å². The van der Waals surface area contributed by atoms with Crippen LogP contribution in [-0.4, -0.2) is 41.3 Å². The normalized spacial score (nSPS) is 11.9. The fourth-order valence-electron chi connectivity index (χ4n) is 2.97. The minimum Gasteiger partial charge on any atom is -0.441 e. The number of hydrogen-bond acceptors (Lipinski definition) is 6. The second-order valence-electron chi connectivity index (χ2n) is 6.38. The van der Waals surface area contributed by atoms with Gasteiger partial charge in [-0.25, -0.2) is 13.4 Å². The standard InChI is InChI=1S/C19H22N4O5S/c1-4-23(5-2)29(26,27)15-7-9-19(25)22(11-15)12-18(24)21-14-6-8-17-16(10-14)20-13(3)28-17/h6-11H,4-5,12H2,1-3H3,(H,21,24). The summed E-state index contributed by atoms with van der Waals surface area (Å²) in [5.41, 5.74) is 1.23. The summed E-state index contributed by atoms with van der Waals surface area (Å²) in [6, 6.07) is 7.41. The average molecular weight is 418 g/mol. The van der Waals surface area contributed by atoms with E-state index in [-0.39, 0.29) is 11.4 Å². The number of carbonyl (C=O) groups excluding carboxylic acids is 1. The van der Waals surface area contributed by atoms with Crippen molar-refractivity contribution in [2.75, 3.05) is 18.4 Å². The molecule has 1 amide bonds. The number of aryl methyl sites for hydroxylation is 1. The van der Waals surface area contributed by atoms with Gasteiger partial charge in [0, 0.05) is 38.0 Å². The van der Waals surface area contributed by atoms with Gasteiger partial charge in [-0.15, -0.1) is 0 Å². The molecule has 0 atom stereocenters. The highest BCUT2D eigenvalue weighted by atomic mass is 32.2. The van der Waals surface area contributed by atoms with Crippen molar-refractivity contribution in [1.29, 1.82) is 0 Å². The summed E-state index contributed by atoms with van der Waals surface area (Å²) in [5.74, 6) is 0.0466. The maximum Gasteiger partial charge on any atom is 0.251 e. The van der Waals surface area contributed by atoms with Crippen molar-refractivity contribution in [2.24, 2.45) is 0 Å². The number of aromatic nitrogens is 2. The highest BCUT2D eigenvalue weighted by Gasteiger charge is 2.22. The van der Waals surface area contributed by atoms with Crippen LogP contribution in [0.1, 0.15) is 19.7 Å². The molecule has 0 aliphatic heterocycles. The molecule has 2 aromatic heterocycles. The molecule has 0 aliphatic carbocycles. The Hall–Kier alpha value is -2.98. The van der Waals surface area contributed by atoms with Gasteiger partial charge >= 0.3 is 0 Å². The van der Waals surface area contributed by atoms with Crippen LogP contribution in [0.4, 0.5) is 5.69 Å². The van der Waals surface area contributed by atoms with Crippen molar-refractivity contribution in [1.82, 2.24) is 13.9 Å². The van der Waals surface area contributed by atoms with E-state index >= 15 is 0 Å². The van der Waals surface area contributed by atoms with Crippen LogP contribution in [0.15, 0.2) is 50.6 Å². The quantitative estimate of drug-likeness (QED) is 0.627. The summed E-state index contributed by atoms with van der Waals surface area (Å²) in [6.45, 7) is 5.49. The van der Waals surface area contributed by atoms with Gasteiger partial charge < -0.3 is 14.3 Å². The smallest absolute Gasteiger partial charge is 0.251 e. The van der Waals surface area contributed by atoms with Crippen molar-refractivity contribution in [3.05, 3.63) is 52.8 Å². The minimum atomic E-state index is -3.73. The van der Waals surface area contributed by atoms with Gasteiger partial charge in [0.05, 0.1) is 4.90 Å². The Balaban J connectivity index is 1.81. The maximum absolute atomic E-state index is 12.7. The first-order valence-corrected chi connectivity index (χ1v) is 10.6. The number of nitrogens with zero attached hydrogens (tertiary/aromatic N) is 3. The summed E-state index contributed by atoms with van der Waals surface area (Å²) < 4.78 is 33.1. The van der Waals surface area contributed by atoms with E-state index in [1.165, 1.54) is 16.6 Å². The summed E-state index contributed by atoms with van der Waals surface area (Å²) in [5, 5.41) is 2.68. The lowest BCUT2D eigenvalue weighted by Gasteiger charge is -2.19. The molecular weight excluding hydrogens is 396 g/mol. The Kier molecular flexibility index (Phi) is 5.85. The van der Waals surface area contributed by atoms with E-state index in [1.54, 1.807) is 39.0 Å². The van der Waals surface area contributed by atoms with Crippen LogP contribution < -0.4 is 10.9 Å². The molecule has 1 N–H and O–H groups in total. The number of fused-ring (bicyclic) bond motifs is 1. The van der Waals surface area contributed by atoms with E-state index in [9.17, 15) is 18.0 Å². The molecule has 29 heavy (non-hydrogen) atoms. The zero-order valence-corrected chi connectivity index (χ0v) is 17.2. The van der Waals surface area contributed by atoms with Crippen molar-refractivity contribution < 1.29 is 17.6 Å². The van der Waals surface area contributed by atoms with Crippen LogP contribution in [0.2, 0.25) is 0 Å². The predicted molar refractivity (Wildman–Crippen MR) is 108 cm³/mol. The Bertz CT molecular complexity index is 1210. The molecule has 2 heterocycles. The molecule has 0 radical (unpaired) electrons. The van der Waals surface area contributed by atoms with Crippen LogP contribution in [0.5, 0.6) is 0 Å². The zero-order valence-electron chi connectivity index (χ0n) is 16.4. The molecule has 0 aliphatic rings. The molecule has 154 valence electrons. The summed E-state index contributed by atoms with van der Waals surface area (Å²) in [7, 11) is -3.73. The Morgan fingerprint density at radius 2 is 1.93 bits per heavy atom. The van der Waals surface area contributed by atoms with Crippen molar-refractivity contribution in [3.63, 3.8) is 0 Å². The van der Waals surface area contributed by atoms with Crippen LogP contribution in [-0.2, 0) is 21.4 Å². The lowest BCUT2D eigenvalue weighted by molar-refractivity contribution is -0.116. The fourth-order valence-corrected chi connectivity index (χ4v) is 4.45. The van der Waals surface area contributed by atoms with E-state index in [0.717, 1.165) is 10.6 Å². The molecule has 0 fully saturated rings. The number of oxazole rings is 1. The molecule has 1 aromatic carbocycles. The summed E-state index contributed by atoms with van der Waals surface area (Å²) >= 11 is 0. The molecule has 9 nitrogen and oxygen atoms in total. The Morgan fingerprint density at radius 1 is 1.21 bits per heavy atom. The third-order valence-electron chi connectivity index (χ3n) is 4.39. The molecule has 3 aromatic rings. The lowest BCUT2D eigenvalue weighted by Crippen LogP contribution is -2.33.